The maximum atomic E-state index is 11.6. The molecule has 20 heavy (non-hydrogen) atoms. The van der Waals surface area contributed by atoms with E-state index >= 15 is 0 Å². The van der Waals surface area contributed by atoms with Crippen molar-refractivity contribution >= 4 is 39.6 Å². The first-order valence-electron chi connectivity index (χ1n) is 6.18. The molecule has 0 unspecified atom stereocenters. The van der Waals surface area contributed by atoms with E-state index in [4.69, 9.17) is 0 Å². The summed E-state index contributed by atoms with van der Waals surface area (Å²) in [5.74, 6) is -0.175. The summed E-state index contributed by atoms with van der Waals surface area (Å²) in [7, 11) is 0. The van der Waals surface area contributed by atoms with E-state index in [1.807, 2.05) is 12.3 Å². The Kier molecular flexibility index (Phi) is 5.25. The number of carbonyl (C=O) groups excluding carboxylic acids is 2. The Morgan fingerprint density at radius 1 is 1.40 bits per heavy atom. The summed E-state index contributed by atoms with van der Waals surface area (Å²) in [4.78, 5) is 28.4. The van der Waals surface area contributed by atoms with Crippen LogP contribution in [-0.2, 0) is 4.79 Å². The lowest BCUT2D eigenvalue weighted by Gasteiger charge is -2.04. The molecule has 0 atom stereocenters. The largest absolute Gasteiger partial charge is 0.352 e. The highest BCUT2D eigenvalue weighted by Crippen LogP contribution is 2.16. The van der Waals surface area contributed by atoms with Gasteiger partial charge in [0, 0.05) is 35.0 Å². The zero-order valence-electron chi connectivity index (χ0n) is 11.0. The smallest absolute Gasteiger partial charge is 0.252 e. The van der Waals surface area contributed by atoms with Crippen LogP contribution < -0.4 is 10.6 Å². The molecule has 0 saturated heterocycles. The molecule has 0 saturated carbocycles. The molecule has 0 aromatic carbocycles. The van der Waals surface area contributed by atoms with Crippen LogP contribution in [0.15, 0.2) is 23.0 Å². The third-order valence-corrected chi connectivity index (χ3v) is 4.03. The average molecular weight is 309 g/mol. The number of nitrogens with one attached hydrogen (secondary N) is 2. The van der Waals surface area contributed by atoms with Gasteiger partial charge in [0.25, 0.3) is 5.91 Å². The number of anilines is 1. The van der Waals surface area contributed by atoms with Gasteiger partial charge in [-0.05, 0) is 24.8 Å². The molecule has 2 heterocycles. The van der Waals surface area contributed by atoms with E-state index in [2.05, 4.69) is 15.6 Å². The van der Waals surface area contributed by atoms with E-state index in [1.54, 1.807) is 17.6 Å². The molecular formula is C13H15N3O2S2. The zero-order chi connectivity index (χ0) is 14.4. The van der Waals surface area contributed by atoms with Gasteiger partial charge >= 0.3 is 0 Å². The molecule has 0 radical (unpaired) electrons. The van der Waals surface area contributed by atoms with Crippen molar-refractivity contribution in [2.75, 3.05) is 11.9 Å². The lowest BCUT2D eigenvalue weighted by molar-refractivity contribution is -0.116. The minimum Gasteiger partial charge on any atom is -0.352 e. The second-order valence-corrected chi connectivity index (χ2v) is 6.21. The summed E-state index contributed by atoms with van der Waals surface area (Å²) in [6.07, 6.45) is 2.69. The van der Waals surface area contributed by atoms with Gasteiger partial charge in [0.05, 0.1) is 0 Å². The number of aromatic nitrogens is 1. The molecule has 106 valence electrons. The van der Waals surface area contributed by atoms with Crippen molar-refractivity contribution in [1.29, 1.82) is 0 Å². The standard InChI is InChI=1S/C13H15N3O2S2/c1-9-7-15-13(20-9)16-11(17)3-2-5-14-12(18)10-4-6-19-8-10/h4,6-8H,2-3,5H2,1H3,(H,14,18)(H,15,16,17). The van der Waals surface area contributed by atoms with Crippen LogP contribution in [0.25, 0.3) is 0 Å². The van der Waals surface area contributed by atoms with Crippen LogP contribution in [0.2, 0.25) is 0 Å². The molecule has 2 N–H and O–H groups in total. The quantitative estimate of drug-likeness (QED) is 0.806. The highest BCUT2D eigenvalue weighted by Gasteiger charge is 2.07. The molecule has 0 fully saturated rings. The van der Waals surface area contributed by atoms with E-state index in [-0.39, 0.29) is 11.8 Å². The van der Waals surface area contributed by atoms with Crippen molar-refractivity contribution < 1.29 is 9.59 Å². The number of hydrogen-bond acceptors (Lipinski definition) is 5. The van der Waals surface area contributed by atoms with Gasteiger partial charge in [0.2, 0.25) is 5.91 Å². The van der Waals surface area contributed by atoms with Crippen molar-refractivity contribution in [3.05, 3.63) is 33.5 Å². The maximum Gasteiger partial charge on any atom is 0.252 e. The highest BCUT2D eigenvalue weighted by molar-refractivity contribution is 7.15. The summed E-state index contributed by atoms with van der Waals surface area (Å²) in [6.45, 7) is 2.42. The van der Waals surface area contributed by atoms with Crippen LogP contribution in [0, 0.1) is 6.92 Å². The van der Waals surface area contributed by atoms with Crippen LogP contribution in [0.5, 0.6) is 0 Å². The monoisotopic (exact) mass is 309 g/mol. The molecule has 0 spiro atoms. The van der Waals surface area contributed by atoms with Crippen molar-refractivity contribution in [1.82, 2.24) is 10.3 Å². The Labute approximate surface area is 125 Å². The second-order valence-electron chi connectivity index (χ2n) is 4.20. The lowest BCUT2D eigenvalue weighted by atomic mass is 10.2. The van der Waals surface area contributed by atoms with Gasteiger partial charge in [-0.25, -0.2) is 4.98 Å². The first-order valence-corrected chi connectivity index (χ1v) is 7.94. The molecule has 0 aliphatic rings. The van der Waals surface area contributed by atoms with Crippen molar-refractivity contribution in [3.8, 4) is 0 Å². The Hall–Kier alpha value is -1.73. The van der Waals surface area contributed by atoms with E-state index in [0.29, 0.717) is 30.1 Å². The molecule has 0 bridgehead atoms. The Morgan fingerprint density at radius 2 is 2.25 bits per heavy atom. The fourth-order valence-electron chi connectivity index (χ4n) is 1.54. The molecule has 5 nitrogen and oxygen atoms in total. The molecule has 2 aromatic heterocycles. The van der Waals surface area contributed by atoms with Gasteiger partial charge in [-0.15, -0.1) is 11.3 Å². The highest BCUT2D eigenvalue weighted by atomic mass is 32.1. The zero-order valence-corrected chi connectivity index (χ0v) is 12.6. The predicted octanol–water partition coefficient (Wildman–Crippen LogP) is 2.66. The molecular weight excluding hydrogens is 294 g/mol. The van der Waals surface area contributed by atoms with Gasteiger partial charge in [-0.2, -0.15) is 11.3 Å². The Bertz CT molecular complexity index is 578. The average Bonchev–Trinajstić information content (AvgIpc) is 3.06. The van der Waals surface area contributed by atoms with E-state index < -0.39 is 0 Å². The SMILES string of the molecule is Cc1cnc(NC(=O)CCCNC(=O)c2ccsc2)s1. The second kappa shape index (κ2) is 7.16. The normalized spacial score (nSPS) is 10.2. The van der Waals surface area contributed by atoms with Crippen LogP contribution in [-0.4, -0.2) is 23.3 Å². The van der Waals surface area contributed by atoms with E-state index in [0.717, 1.165) is 4.88 Å². The van der Waals surface area contributed by atoms with E-state index in [1.165, 1.54) is 22.7 Å². The Balaban J connectivity index is 1.63. The lowest BCUT2D eigenvalue weighted by Crippen LogP contribution is -2.25. The summed E-state index contributed by atoms with van der Waals surface area (Å²) in [5, 5.41) is 9.80. The number of aryl methyl sites for hydroxylation is 1. The van der Waals surface area contributed by atoms with Gasteiger partial charge in [-0.1, -0.05) is 0 Å². The van der Waals surface area contributed by atoms with Crippen LogP contribution in [0.1, 0.15) is 28.1 Å². The number of carbonyl (C=O) groups is 2. The minimum atomic E-state index is -0.0952. The Morgan fingerprint density at radius 3 is 2.90 bits per heavy atom. The molecule has 0 aliphatic heterocycles. The molecule has 0 aliphatic carbocycles. The third-order valence-electron chi connectivity index (χ3n) is 2.52. The number of amides is 2. The van der Waals surface area contributed by atoms with Gasteiger partial charge in [-0.3, -0.25) is 9.59 Å². The number of rotatable bonds is 6. The summed E-state index contributed by atoms with van der Waals surface area (Å²) in [6, 6.07) is 1.78. The maximum absolute atomic E-state index is 11.6. The molecule has 2 aromatic rings. The summed E-state index contributed by atoms with van der Waals surface area (Å²) >= 11 is 2.93. The number of thiophene rings is 1. The fraction of sp³-hybridized carbons (Fsp3) is 0.308. The number of thiazole rings is 1. The van der Waals surface area contributed by atoms with Crippen molar-refractivity contribution in [2.45, 2.75) is 19.8 Å². The molecule has 2 rings (SSSR count). The molecule has 7 heteroatoms. The first-order chi connectivity index (χ1) is 9.65. The van der Waals surface area contributed by atoms with Gasteiger partial charge in [0.1, 0.15) is 0 Å². The van der Waals surface area contributed by atoms with Crippen molar-refractivity contribution in [2.24, 2.45) is 0 Å². The van der Waals surface area contributed by atoms with Crippen LogP contribution in [0.3, 0.4) is 0 Å². The van der Waals surface area contributed by atoms with E-state index in [9.17, 15) is 9.59 Å². The van der Waals surface area contributed by atoms with Crippen LogP contribution in [0.4, 0.5) is 5.13 Å². The molecule has 2 amide bonds. The van der Waals surface area contributed by atoms with Crippen molar-refractivity contribution in [3.63, 3.8) is 0 Å². The summed E-state index contributed by atoms with van der Waals surface area (Å²) in [5.41, 5.74) is 0.665. The predicted molar refractivity (Wildman–Crippen MR) is 81.4 cm³/mol. The first kappa shape index (κ1) is 14.7. The van der Waals surface area contributed by atoms with Gasteiger partial charge in [0.15, 0.2) is 5.13 Å². The third kappa shape index (κ3) is 4.43. The topological polar surface area (TPSA) is 71.1 Å². The van der Waals surface area contributed by atoms with Gasteiger partial charge < -0.3 is 10.6 Å². The summed E-state index contributed by atoms with van der Waals surface area (Å²) < 4.78 is 0. The fourth-order valence-corrected chi connectivity index (χ4v) is 2.86. The number of nitrogens with zero attached hydrogens (tertiary/aromatic N) is 1. The number of hydrogen-bond donors (Lipinski definition) is 2. The minimum absolute atomic E-state index is 0.0795. The van der Waals surface area contributed by atoms with Crippen LogP contribution >= 0.6 is 22.7 Å².